The zero-order chi connectivity index (χ0) is 27.5. The van der Waals surface area contributed by atoms with Crippen LogP contribution in [0.3, 0.4) is 0 Å². The molecule has 0 bridgehead atoms. The Labute approximate surface area is 224 Å². The lowest BCUT2D eigenvalue weighted by Gasteiger charge is -2.21. The monoisotopic (exact) mass is 547 g/mol. The molecular formula is C28H22FN3O6S. The van der Waals surface area contributed by atoms with Gasteiger partial charge in [-0.05, 0) is 48.0 Å². The normalized spacial score (nSPS) is 11.8. The summed E-state index contributed by atoms with van der Waals surface area (Å²) in [6.45, 7) is 0.264. The van der Waals surface area contributed by atoms with E-state index < -0.39 is 22.4 Å². The number of hydrogen-bond donors (Lipinski definition) is 0. The number of carbonyl (C=O) groups excluding carboxylic acids is 1. The first-order chi connectivity index (χ1) is 18.9. The Hall–Kier alpha value is -4.77. The van der Waals surface area contributed by atoms with Crippen molar-refractivity contribution in [3.63, 3.8) is 0 Å². The second-order valence-corrected chi connectivity index (χ2v) is 9.79. The number of methoxy groups -OCH3 is 2. The molecule has 0 fully saturated rings. The van der Waals surface area contributed by atoms with E-state index in [2.05, 4.69) is 5.16 Å². The molecule has 0 saturated carbocycles. The smallest absolute Gasteiger partial charge is 0.255 e. The van der Waals surface area contributed by atoms with Gasteiger partial charge in [-0.3, -0.25) is 18.5 Å². The number of anilines is 1. The molecule has 0 saturated heterocycles. The predicted octanol–water partition coefficient (Wildman–Crippen LogP) is 4.68. The minimum absolute atomic E-state index is 0.133. The number of aldehydes is 1. The zero-order valence-electron chi connectivity index (χ0n) is 20.9. The van der Waals surface area contributed by atoms with Gasteiger partial charge in [-0.1, -0.05) is 17.3 Å². The van der Waals surface area contributed by atoms with Gasteiger partial charge in [-0.25, -0.2) is 8.60 Å². The SMILES string of the molecule is COc1ccc(CN(c2ccon2)S(=O)c2ccc3c(ccc(=O)n3-c3cc(F)c(C=O)cc3OC)c2)cc1. The van der Waals surface area contributed by atoms with Crippen LogP contribution in [0.4, 0.5) is 10.2 Å². The van der Waals surface area contributed by atoms with Gasteiger partial charge in [0.2, 0.25) is 0 Å². The number of fused-ring (bicyclic) bond motifs is 1. The summed E-state index contributed by atoms with van der Waals surface area (Å²) in [4.78, 5) is 24.6. The molecule has 0 aliphatic heterocycles. The number of benzene rings is 3. The quantitative estimate of drug-likeness (QED) is 0.247. The summed E-state index contributed by atoms with van der Waals surface area (Å²) >= 11 is 0. The number of nitrogens with zero attached hydrogens (tertiary/aromatic N) is 3. The summed E-state index contributed by atoms with van der Waals surface area (Å²) in [5.74, 6) is 0.442. The standard InChI is InChI=1S/C28H22FN3O6S/c1-36-21-6-3-18(4-7-21)16-31(27-11-12-38-30-27)39(35)22-8-9-24-19(13-22)5-10-28(34)32(24)25-15-23(29)20(17-33)14-26(25)37-2/h3-15,17H,16H2,1-2H3. The highest BCUT2D eigenvalue weighted by Crippen LogP contribution is 2.29. The summed E-state index contributed by atoms with van der Waals surface area (Å²) in [5.41, 5.74) is 0.814. The lowest BCUT2D eigenvalue weighted by Crippen LogP contribution is -2.26. The second kappa shape index (κ2) is 10.9. The van der Waals surface area contributed by atoms with E-state index in [1.165, 1.54) is 30.1 Å². The highest BCUT2D eigenvalue weighted by Gasteiger charge is 2.21. The van der Waals surface area contributed by atoms with Crippen molar-refractivity contribution >= 4 is 34.0 Å². The first-order valence-corrected chi connectivity index (χ1v) is 12.8. The predicted molar refractivity (Wildman–Crippen MR) is 144 cm³/mol. The molecule has 0 spiro atoms. The molecule has 0 radical (unpaired) electrons. The van der Waals surface area contributed by atoms with Crippen LogP contribution < -0.4 is 19.3 Å². The van der Waals surface area contributed by atoms with Crippen LogP contribution >= 0.6 is 0 Å². The number of rotatable bonds is 9. The molecule has 5 aromatic rings. The van der Waals surface area contributed by atoms with Gasteiger partial charge in [0.25, 0.3) is 5.56 Å². The first kappa shape index (κ1) is 25.9. The Balaban J connectivity index is 1.57. The molecule has 9 nitrogen and oxygen atoms in total. The van der Waals surface area contributed by atoms with E-state index in [1.807, 2.05) is 24.3 Å². The Morgan fingerprint density at radius 1 is 1.03 bits per heavy atom. The van der Waals surface area contributed by atoms with Gasteiger partial charge in [0.1, 0.15) is 23.6 Å². The van der Waals surface area contributed by atoms with Gasteiger partial charge in [0.15, 0.2) is 23.1 Å². The van der Waals surface area contributed by atoms with Gasteiger partial charge < -0.3 is 14.0 Å². The topological polar surface area (TPSA) is 104 Å². The number of pyridine rings is 1. The van der Waals surface area contributed by atoms with Crippen LogP contribution in [0.25, 0.3) is 16.6 Å². The van der Waals surface area contributed by atoms with Crippen molar-refractivity contribution in [3.05, 3.63) is 106 Å². The van der Waals surface area contributed by atoms with Crippen molar-refractivity contribution in [3.8, 4) is 17.2 Å². The van der Waals surface area contributed by atoms with E-state index >= 15 is 0 Å². The van der Waals surface area contributed by atoms with Crippen LogP contribution in [0, 0.1) is 5.82 Å². The van der Waals surface area contributed by atoms with Crippen molar-refractivity contribution in [2.45, 2.75) is 11.4 Å². The third-order valence-corrected chi connectivity index (χ3v) is 7.47. The van der Waals surface area contributed by atoms with E-state index in [0.29, 0.717) is 33.7 Å². The molecule has 2 aromatic heterocycles. The van der Waals surface area contributed by atoms with Crippen molar-refractivity contribution in [2.24, 2.45) is 0 Å². The number of halogens is 1. The largest absolute Gasteiger partial charge is 0.497 e. The average Bonchev–Trinajstić information content (AvgIpc) is 3.50. The molecule has 1 unspecified atom stereocenters. The molecule has 3 aromatic carbocycles. The van der Waals surface area contributed by atoms with E-state index in [1.54, 1.807) is 41.7 Å². The number of hydrogen-bond acceptors (Lipinski definition) is 7. The van der Waals surface area contributed by atoms with Crippen molar-refractivity contribution < 1.29 is 27.4 Å². The molecule has 0 aliphatic carbocycles. The highest BCUT2D eigenvalue weighted by atomic mass is 32.2. The second-order valence-electron chi connectivity index (χ2n) is 8.38. The van der Waals surface area contributed by atoms with Crippen LogP contribution in [0.2, 0.25) is 0 Å². The molecule has 0 N–H and O–H groups in total. The number of carbonyl (C=O) groups is 1. The fourth-order valence-electron chi connectivity index (χ4n) is 4.15. The van der Waals surface area contributed by atoms with E-state index in [0.717, 1.165) is 11.6 Å². The Morgan fingerprint density at radius 2 is 1.82 bits per heavy atom. The third-order valence-electron chi connectivity index (χ3n) is 6.10. The fourth-order valence-corrected chi connectivity index (χ4v) is 5.35. The summed E-state index contributed by atoms with van der Waals surface area (Å²) in [6.07, 6.45) is 1.77. The number of aromatic nitrogens is 2. The lowest BCUT2D eigenvalue weighted by molar-refractivity contribution is 0.111. The van der Waals surface area contributed by atoms with E-state index in [4.69, 9.17) is 14.0 Å². The average molecular weight is 548 g/mol. The highest BCUT2D eigenvalue weighted by molar-refractivity contribution is 7.86. The maximum Gasteiger partial charge on any atom is 0.255 e. The molecule has 1 atom stereocenters. The summed E-state index contributed by atoms with van der Waals surface area (Å²) < 4.78 is 46.8. The maximum absolute atomic E-state index is 14.5. The minimum atomic E-state index is -1.72. The Kier molecular flexibility index (Phi) is 7.24. The molecule has 0 aliphatic rings. The van der Waals surface area contributed by atoms with E-state index in [9.17, 15) is 18.2 Å². The van der Waals surface area contributed by atoms with Crippen LogP contribution in [0.15, 0.2) is 93.3 Å². The van der Waals surface area contributed by atoms with Crippen molar-refractivity contribution in [1.29, 1.82) is 0 Å². The summed E-state index contributed by atoms with van der Waals surface area (Å²) in [6, 6.07) is 19.2. The Morgan fingerprint density at radius 3 is 2.49 bits per heavy atom. The van der Waals surface area contributed by atoms with Crippen molar-refractivity contribution in [2.75, 3.05) is 18.5 Å². The van der Waals surface area contributed by atoms with Crippen LogP contribution in [-0.2, 0) is 17.5 Å². The minimum Gasteiger partial charge on any atom is -0.497 e. The van der Waals surface area contributed by atoms with Gasteiger partial charge in [-0.15, -0.1) is 0 Å². The van der Waals surface area contributed by atoms with Crippen molar-refractivity contribution in [1.82, 2.24) is 9.72 Å². The van der Waals surface area contributed by atoms with Gasteiger partial charge >= 0.3 is 0 Å². The maximum atomic E-state index is 14.5. The molecule has 39 heavy (non-hydrogen) atoms. The lowest BCUT2D eigenvalue weighted by atomic mass is 10.1. The summed E-state index contributed by atoms with van der Waals surface area (Å²) in [5, 5.41) is 4.55. The van der Waals surface area contributed by atoms with Crippen LogP contribution in [0.1, 0.15) is 15.9 Å². The molecule has 5 rings (SSSR count). The number of ether oxygens (including phenoxy) is 2. The van der Waals surface area contributed by atoms with Crippen LogP contribution in [-0.4, -0.2) is 34.4 Å². The zero-order valence-corrected chi connectivity index (χ0v) is 21.7. The third kappa shape index (κ3) is 5.04. The molecule has 2 heterocycles. The fraction of sp³-hybridized carbons (Fsp3) is 0.107. The Bertz CT molecular complexity index is 1740. The molecule has 0 amide bonds. The summed E-state index contributed by atoms with van der Waals surface area (Å²) in [7, 11) is 1.23. The van der Waals surface area contributed by atoms with Gasteiger partial charge in [0.05, 0.1) is 42.4 Å². The van der Waals surface area contributed by atoms with E-state index in [-0.39, 0.29) is 23.5 Å². The molecule has 198 valence electrons. The first-order valence-electron chi connectivity index (χ1n) is 11.6. The molecular weight excluding hydrogens is 525 g/mol. The van der Waals surface area contributed by atoms with Gasteiger partial charge in [0, 0.05) is 23.6 Å². The van der Waals surface area contributed by atoms with Crippen LogP contribution in [0.5, 0.6) is 11.5 Å². The molecule has 11 heteroatoms. The van der Waals surface area contributed by atoms with Gasteiger partial charge in [-0.2, -0.15) is 0 Å².